The van der Waals surface area contributed by atoms with E-state index in [1.54, 1.807) is 6.20 Å². The molecule has 1 unspecified atom stereocenters. The van der Waals surface area contributed by atoms with Crippen molar-refractivity contribution < 1.29 is 14.2 Å². The highest BCUT2D eigenvalue weighted by Gasteiger charge is 2.19. The van der Waals surface area contributed by atoms with Gasteiger partial charge in [0.15, 0.2) is 0 Å². The fourth-order valence-corrected chi connectivity index (χ4v) is 3.27. The molecule has 2 aromatic heterocycles. The Kier molecular flexibility index (Phi) is 6.25. The Morgan fingerprint density at radius 3 is 2.47 bits per heavy atom. The van der Waals surface area contributed by atoms with Gasteiger partial charge in [0.2, 0.25) is 0 Å². The molecule has 4 aromatic rings. The SMILES string of the molecule is CCOc1ccc2nc(C(OCC)c3ccc(OCc4ccccn4)cc3)[nH]c2c1. The maximum atomic E-state index is 6.01. The molecule has 1 atom stereocenters. The molecule has 0 fully saturated rings. The summed E-state index contributed by atoms with van der Waals surface area (Å²) in [6.07, 6.45) is 1.47. The summed E-state index contributed by atoms with van der Waals surface area (Å²) in [5.74, 6) is 2.37. The minimum absolute atomic E-state index is 0.289. The van der Waals surface area contributed by atoms with Crippen molar-refractivity contribution >= 4 is 11.0 Å². The van der Waals surface area contributed by atoms with Gasteiger partial charge in [-0.15, -0.1) is 0 Å². The van der Waals surface area contributed by atoms with Crippen molar-refractivity contribution in [2.45, 2.75) is 26.6 Å². The summed E-state index contributed by atoms with van der Waals surface area (Å²) in [7, 11) is 0. The number of hydrogen-bond donors (Lipinski definition) is 1. The van der Waals surface area contributed by atoms with Gasteiger partial charge in [0.1, 0.15) is 30.0 Å². The van der Waals surface area contributed by atoms with E-state index in [1.165, 1.54) is 0 Å². The molecular weight excluding hydrogens is 378 g/mol. The summed E-state index contributed by atoms with van der Waals surface area (Å²) in [6.45, 7) is 5.58. The van der Waals surface area contributed by atoms with Crippen LogP contribution in [-0.2, 0) is 11.3 Å². The molecule has 6 heteroatoms. The van der Waals surface area contributed by atoms with Crippen molar-refractivity contribution in [3.63, 3.8) is 0 Å². The van der Waals surface area contributed by atoms with Gasteiger partial charge in [-0.3, -0.25) is 4.98 Å². The summed E-state index contributed by atoms with van der Waals surface area (Å²) >= 11 is 0. The van der Waals surface area contributed by atoms with Crippen LogP contribution in [0, 0.1) is 0 Å². The number of pyridine rings is 1. The maximum Gasteiger partial charge on any atom is 0.141 e. The predicted molar refractivity (Wildman–Crippen MR) is 116 cm³/mol. The van der Waals surface area contributed by atoms with Gasteiger partial charge >= 0.3 is 0 Å². The first kappa shape index (κ1) is 19.9. The minimum Gasteiger partial charge on any atom is -0.494 e. The lowest BCUT2D eigenvalue weighted by molar-refractivity contribution is 0.0859. The fourth-order valence-electron chi connectivity index (χ4n) is 3.27. The Balaban J connectivity index is 1.53. The zero-order valence-electron chi connectivity index (χ0n) is 17.2. The summed E-state index contributed by atoms with van der Waals surface area (Å²) in [4.78, 5) is 12.4. The van der Waals surface area contributed by atoms with Gasteiger partial charge < -0.3 is 19.2 Å². The van der Waals surface area contributed by atoms with Crippen molar-refractivity contribution in [1.29, 1.82) is 0 Å². The molecule has 0 aliphatic heterocycles. The van der Waals surface area contributed by atoms with Crippen molar-refractivity contribution in [3.05, 3.63) is 83.9 Å². The largest absolute Gasteiger partial charge is 0.494 e. The number of aromatic nitrogens is 3. The highest BCUT2D eigenvalue weighted by atomic mass is 16.5. The lowest BCUT2D eigenvalue weighted by Crippen LogP contribution is -2.08. The smallest absolute Gasteiger partial charge is 0.141 e. The molecule has 0 saturated heterocycles. The number of ether oxygens (including phenoxy) is 3. The molecule has 30 heavy (non-hydrogen) atoms. The standard InChI is InChI=1S/C24H25N3O3/c1-3-28-20-12-13-21-22(15-20)27-24(26-21)23(29-4-2)17-8-10-19(11-9-17)30-16-18-7-5-6-14-25-18/h5-15,23H,3-4,16H2,1-2H3,(H,26,27). The highest BCUT2D eigenvalue weighted by Crippen LogP contribution is 2.29. The van der Waals surface area contributed by atoms with E-state index in [2.05, 4.69) is 9.97 Å². The van der Waals surface area contributed by atoms with E-state index in [0.717, 1.165) is 39.6 Å². The van der Waals surface area contributed by atoms with Crippen molar-refractivity contribution in [2.24, 2.45) is 0 Å². The Hall–Kier alpha value is -3.38. The molecule has 0 radical (unpaired) electrons. The number of imidazole rings is 1. The van der Waals surface area contributed by atoms with Gasteiger partial charge in [-0.05, 0) is 55.8 Å². The van der Waals surface area contributed by atoms with Gasteiger partial charge in [-0.25, -0.2) is 4.98 Å². The second kappa shape index (κ2) is 9.41. The topological polar surface area (TPSA) is 69.3 Å². The molecule has 2 heterocycles. The molecule has 2 aromatic carbocycles. The number of hydrogen-bond acceptors (Lipinski definition) is 5. The number of nitrogens with one attached hydrogen (secondary N) is 1. The zero-order valence-corrected chi connectivity index (χ0v) is 17.2. The van der Waals surface area contributed by atoms with E-state index >= 15 is 0 Å². The zero-order chi connectivity index (χ0) is 20.8. The Morgan fingerprint density at radius 1 is 0.900 bits per heavy atom. The predicted octanol–water partition coefficient (Wildman–Crippen LogP) is 5.06. The molecule has 0 spiro atoms. The molecule has 1 N–H and O–H groups in total. The van der Waals surface area contributed by atoms with Gasteiger partial charge in [-0.2, -0.15) is 0 Å². The minimum atomic E-state index is -0.289. The third-order valence-corrected chi connectivity index (χ3v) is 4.66. The van der Waals surface area contributed by atoms with E-state index in [0.29, 0.717) is 19.8 Å². The van der Waals surface area contributed by atoms with Gasteiger partial charge in [0, 0.05) is 18.9 Å². The average molecular weight is 403 g/mol. The molecule has 0 saturated carbocycles. The van der Waals surface area contributed by atoms with Crippen LogP contribution in [0.2, 0.25) is 0 Å². The third-order valence-electron chi connectivity index (χ3n) is 4.66. The van der Waals surface area contributed by atoms with E-state index in [4.69, 9.17) is 19.2 Å². The van der Waals surface area contributed by atoms with E-state index in [9.17, 15) is 0 Å². The number of nitrogens with zero attached hydrogens (tertiary/aromatic N) is 2. The molecule has 6 nitrogen and oxygen atoms in total. The van der Waals surface area contributed by atoms with Gasteiger partial charge in [-0.1, -0.05) is 18.2 Å². The second-order valence-electron chi connectivity index (χ2n) is 6.75. The van der Waals surface area contributed by atoms with Crippen LogP contribution in [-0.4, -0.2) is 28.2 Å². The van der Waals surface area contributed by atoms with E-state index < -0.39 is 0 Å². The number of aromatic amines is 1. The summed E-state index contributed by atoms with van der Waals surface area (Å²) in [6, 6.07) is 19.5. The number of rotatable bonds is 9. The van der Waals surface area contributed by atoms with Crippen LogP contribution in [0.5, 0.6) is 11.5 Å². The fraction of sp³-hybridized carbons (Fsp3) is 0.250. The quantitative estimate of drug-likeness (QED) is 0.423. The van der Waals surface area contributed by atoms with Crippen molar-refractivity contribution in [3.8, 4) is 11.5 Å². The maximum absolute atomic E-state index is 6.01. The lowest BCUT2D eigenvalue weighted by Gasteiger charge is -2.16. The molecule has 0 aliphatic carbocycles. The Bertz CT molecular complexity index is 1080. The first-order valence-corrected chi connectivity index (χ1v) is 10.1. The van der Waals surface area contributed by atoms with Crippen LogP contribution >= 0.6 is 0 Å². The van der Waals surface area contributed by atoms with Gasteiger partial charge in [0.05, 0.1) is 23.3 Å². The Morgan fingerprint density at radius 2 is 1.73 bits per heavy atom. The van der Waals surface area contributed by atoms with Gasteiger partial charge in [0.25, 0.3) is 0 Å². The van der Waals surface area contributed by atoms with Crippen LogP contribution in [0.4, 0.5) is 0 Å². The summed E-state index contributed by atoms with van der Waals surface area (Å²) in [5.41, 5.74) is 3.71. The lowest BCUT2D eigenvalue weighted by atomic mass is 10.1. The van der Waals surface area contributed by atoms with Crippen molar-refractivity contribution in [2.75, 3.05) is 13.2 Å². The normalized spacial score (nSPS) is 12.1. The van der Waals surface area contributed by atoms with Crippen molar-refractivity contribution in [1.82, 2.24) is 15.0 Å². The van der Waals surface area contributed by atoms with E-state index in [-0.39, 0.29) is 6.10 Å². The number of fused-ring (bicyclic) bond motifs is 1. The van der Waals surface area contributed by atoms with Crippen LogP contribution in [0.1, 0.15) is 37.0 Å². The third kappa shape index (κ3) is 4.60. The summed E-state index contributed by atoms with van der Waals surface area (Å²) < 4.78 is 17.4. The molecular formula is C24H25N3O3. The molecule has 0 aliphatic rings. The highest BCUT2D eigenvalue weighted by molar-refractivity contribution is 5.77. The average Bonchev–Trinajstić information content (AvgIpc) is 3.20. The first-order valence-electron chi connectivity index (χ1n) is 10.1. The summed E-state index contributed by atoms with van der Waals surface area (Å²) in [5, 5.41) is 0. The number of H-pyrrole nitrogens is 1. The van der Waals surface area contributed by atoms with Crippen LogP contribution < -0.4 is 9.47 Å². The number of benzene rings is 2. The van der Waals surface area contributed by atoms with Crippen LogP contribution in [0.25, 0.3) is 11.0 Å². The van der Waals surface area contributed by atoms with E-state index in [1.807, 2.05) is 74.5 Å². The Labute approximate surface area is 175 Å². The van der Waals surface area contributed by atoms with Crippen LogP contribution in [0.3, 0.4) is 0 Å². The molecule has 4 rings (SSSR count). The first-order chi connectivity index (χ1) is 14.8. The molecule has 0 bridgehead atoms. The molecule has 154 valence electrons. The monoisotopic (exact) mass is 403 g/mol. The second-order valence-corrected chi connectivity index (χ2v) is 6.75. The van der Waals surface area contributed by atoms with Crippen LogP contribution in [0.15, 0.2) is 66.9 Å². The molecule has 0 amide bonds.